The first kappa shape index (κ1) is 21.3. The summed E-state index contributed by atoms with van der Waals surface area (Å²) in [5.41, 5.74) is 0.931. The Balaban J connectivity index is 1.78. The SMILES string of the molecule is CCOC(=O)c1cccc(-c2ccc(C=C(C#N)C(=O)Nc3nc(SC)ns3)o2)c1. The molecule has 0 aliphatic heterocycles. The van der Waals surface area contributed by atoms with Crippen molar-refractivity contribution in [1.29, 1.82) is 5.26 Å². The molecule has 0 spiro atoms. The van der Waals surface area contributed by atoms with E-state index in [4.69, 9.17) is 9.15 Å². The Morgan fingerprint density at radius 3 is 2.90 bits per heavy atom. The number of furan rings is 1. The van der Waals surface area contributed by atoms with Crippen LogP contribution >= 0.6 is 23.3 Å². The van der Waals surface area contributed by atoms with Crippen LogP contribution in [0.3, 0.4) is 0 Å². The Bertz CT molecular complexity index is 1140. The summed E-state index contributed by atoms with van der Waals surface area (Å²) in [7, 11) is 0. The smallest absolute Gasteiger partial charge is 0.338 e. The van der Waals surface area contributed by atoms with Gasteiger partial charge >= 0.3 is 5.97 Å². The zero-order valence-electron chi connectivity index (χ0n) is 16.0. The predicted molar refractivity (Wildman–Crippen MR) is 114 cm³/mol. The number of thioether (sulfide) groups is 1. The van der Waals surface area contributed by atoms with Gasteiger partial charge in [-0.3, -0.25) is 10.1 Å². The molecule has 0 bridgehead atoms. The van der Waals surface area contributed by atoms with E-state index in [2.05, 4.69) is 14.7 Å². The van der Waals surface area contributed by atoms with Crippen LogP contribution in [0.4, 0.5) is 5.13 Å². The summed E-state index contributed by atoms with van der Waals surface area (Å²) in [4.78, 5) is 28.4. The first-order chi connectivity index (χ1) is 14.5. The van der Waals surface area contributed by atoms with Gasteiger partial charge in [0.15, 0.2) is 0 Å². The largest absolute Gasteiger partial charge is 0.462 e. The van der Waals surface area contributed by atoms with E-state index in [1.54, 1.807) is 43.3 Å². The molecule has 8 nitrogen and oxygen atoms in total. The number of nitrogens with one attached hydrogen (secondary N) is 1. The van der Waals surface area contributed by atoms with Crippen LogP contribution in [0.5, 0.6) is 0 Å². The highest BCUT2D eigenvalue weighted by Gasteiger charge is 2.14. The van der Waals surface area contributed by atoms with Gasteiger partial charge in [-0.05, 0) is 37.4 Å². The van der Waals surface area contributed by atoms with Crippen LogP contribution in [0.15, 0.2) is 51.5 Å². The molecule has 0 atom stereocenters. The van der Waals surface area contributed by atoms with Crippen molar-refractivity contribution in [1.82, 2.24) is 9.36 Å². The Kier molecular flexibility index (Phi) is 7.00. The first-order valence-corrected chi connectivity index (χ1v) is 10.7. The zero-order chi connectivity index (χ0) is 21.5. The number of hydrogen-bond acceptors (Lipinski definition) is 9. The maximum atomic E-state index is 12.3. The number of nitrogens with zero attached hydrogens (tertiary/aromatic N) is 3. The minimum absolute atomic E-state index is 0.142. The van der Waals surface area contributed by atoms with Gasteiger partial charge in [-0.25, -0.2) is 4.79 Å². The molecule has 0 unspecified atom stereocenters. The lowest BCUT2D eigenvalue weighted by atomic mass is 10.1. The summed E-state index contributed by atoms with van der Waals surface area (Å²) >= 11 is 2.39. The highest BCUT2D eigenvalue weighted by molar-refractivity contribution is 7.98. The molecule has 1 aromatic carbocycles. The number of carbonyl (C=O) groups excluding carboxylic acids is 2. The van der Waals surface area contributed by atoms with Gasteiger partial charge < -0.3 is 9.15 Å². The fourth-order valence-electron chi connectivity index (χ4n) is 2.40. The summed E-state index contributed by atoms with van der Waals surface area (Å²) in [6, 6.07) is 12.0. The van der Waals surface area contributed by atoms with Gasteiger partial charge in [-0.15, -0.1) is 0 Å². The number of rotatable bonds is 7. The van der Waals surface area contributed by atoms with E-state index < -0.39 is 11.9 Å². The number of anilines is 1. The molecule has 0 aliphatic rings. The van der Waals surface area contributed by atoms with Crippen molar-refractivity contribution in [3.05, 3.63) is 53.3 Å². The number of hydrogen-bond donors (Lipinski definition) is 1. The lowest BCUT2D eigenvalue weighted by molar-refractivity contribution is -0.112. The number of carbonyl (C=O) groups is 2. The summed E-state index contributed by atoms with van der Waals surface area (Å²) in [6.45, 7) is 2.02. The topological polar surface area (TPSA) is 118 Å². The van der Waals surface area contributed by atoms with E-state index in [0.717, 1.165) is 11.5 Å². The molecule has 1 N–H and O–H groups in total. The highest BCUT2D eigenvalue weighted by Crippen LogP contribution is 2.25. The van der Waals surface area contributed by atoms with Crippen LogP contribution in [-0.2, 0) is 9.53 Å². The number of benzene rings is 1. The van der Waals surface area contributed by atoms with E-state index >= 15 is 0 Å². The maximum Gasteiger partial charge on any atom is 0.338 e. The molecule has 3 rings (SSSR count). The van der Waals surface area contributed by atoms with E-state index in [1.807, 2.05) is 12.3 Å². The molecule has 10 heteroatoms. The van der Waals surface area contributed by atoms with Crippen molar-refractivity contribution in [2.75, 3.05) is 18.2 Å². The molecule has 152 valence electrons. The molecule has 0 radical (unpaired) electrons. The van der Waals surface area contributed by atoms with Gasteiger partial charge in [0, 0.05) is 23.2 Å². The Hall–Kier alpha value is -3.42. The summed E-state index contributed by atoms with van der Waals surface area (Å²) in [5, 5.41) is 12.7. The van der Waals surface area contributed by atoms with E-state index in [1.165, 1.54) is 17.8 Å². The zero-order valence-corrected chi connectivity index (χ0v) is 17.7. The average molecular weight is 441 g/mol. The van der Waals surface area contributed by atoms with Gasteiger partial charge in [0.25, 0.3) is 5.91 Å². The van der Waals surface area contributed by atoms with Crippen molar-refractivity contribution in [3.63, 3.8) is 0 Å². The number of esters is 1. The first-order valence-electron chi connectivity index (χ1n) is 8.72. The second-order valence-corrected chi connectivity index (χ2v) is 7.24. The minimum Gasteiger partial charge on any atom is -0.462 e. The Morgan fingerprint density at radius 1 is 1.37 bits per heavy atom. The molecule has 2 heterocycles. The number of aromatic nitrogens is 2. The van der Waals surface area contributed by atoms with Crippen LogP contribution in [0.25, 0.3) is 17.4 Å². The molecule has 1 amide bonds. The van der Waals surface area contributed by atoms with Gasteiger partial charge in [0.2, 0.25) is 10.3 Å². The molecule has 0 fully saturated rings. The lowest BCUT2D eigenvalue weighted by Gasteiger charge is -2.03. The van der Waals surface area contributed by atoms with Crippen molar-refractivity contribution < 1.29 is 18.7 Å². The van der Waals surface area contributed by atoms with Crippen LogP contribution in [0, 0.1) is 11.3 Å². The summed E-state index contributed by atoms with van der Waals surface area (Å²) in [6.07, 6.45) is 3.16. The Labute approximate surface area is 180 Å². The molecule has 0 aliphatic carbocycles. The van der Waals surface area contributed by atoms with Crippen LogP contribution in [0.2, 0.25) is 0 Å². The number of ether oxygens (including phenoxy) is 1. The summed E-state index contributed by atoms with van der Waals surface area (Å²) < 4.78 is 14.8. The van der Waals surface area contributed by atoms with Gasteiger partial charge in [0.1, 0.15) is 23.2 Å². The minimum atomic E-state index is -0.608. The lowest BCUT2D eigenvalue weighted by Crippen LogP contribution is -2.13. The average Bonchev–Trinajstić information content (AvgIpc) is 3.41. The summed E-state index contributed by atoms with van der Waals surface area (Å²) in [5.74, 6) is -0.224. The van der Waals surface area contributed by atoms with Crippen molar-refractivity contribution in [2.24, 2.45) is 0 Å². The normalized spacial score (nSPS) is 11.0. The molecule has 0 saturated carbocycles. The Morgan fingerprint density at radius 2 is 2.20 bits per heavy atom. The van der Waals surface area contributed by atoms with Crippen molar-refractivity contribution in [2.45, 2.75) is 12.1 Å². The number of nitriles is 1. The third kappa shape index (κ3) is 5.14. The standard InChI is InChI=1S/C20H16N4O4S2/c1-3-27-18(26)13-6-4-5-12(9-13)16-8-7-15(28-16)10-14(11-21)17(25)22-19-23-20(29-2)24-30-19/h4-10H,3H2,1-2H3,(H,22,23,24,25). The molecular weight excluding hydrogens is 424 g/mol. The fourth-order valence-corrected chi connectivity index (χ4v) is 3.52. The third-order valence-electron chi connectivity index (χ3n) is 3.75. The predicted octanol–water partition coefficient (Wildman–Crippen LogP) is 4.24. The van der Waals surface area contributed by atoms with E-state index in [9.17, 15) is 14.9 Å². The van der Waals surface area contributed by atoms with Crippen molar-refractivity contribution in [3.8, 4) is 17.4 Å². The molecular formula is C20H16N4O4S2. The van der Waals surface area contributed by atoms with Crippen LogP contribution < -0.4 is 5.32 Å². The van der Waals surface area contributed by atoms with Gasteiger partial charge in [-0.2, -0.15) is 14.6 Å². The van der Waals surface area contributed by atoms with E-state index in [-0.39, 0.29) is 12.2 Å². The molecule has 3 aromatic rings. The molecule has 30 heavy (non-hydrogen) atoms. The van der Waals surface area contributed by atoms with Crippen LogP contribution in [0.1, 0.15) is 23.0 Å². The third-order valence-corrected chi connectivity index (χ3v) is 5.04. The molecule has 0 saturated heterocycles. The van der Waals surface area contributed by atoms with Crippen LogP contribution in [-0.4, -0.2) is 34.1 Å². The number of amides is 1. The fraction of sp³-hybridized carbons (Fsp3) is 0.150. The second kappa shape index (κ2) is 9.87. The molecule has 2 aromatic heterocycles. The monoisotopic (exact) mass is 440 g/mol. The van der Waals surface area contributed by atoms with Gasteiger partial charge in [0.05, 0.1) is 12.2 Å². The van der Waals surface area contributed by atoms with Crippen molar-refractivity contribution >= 4 is 46.4 Å². The quantitative estimate of drug-likeness (QED) is 0.251. The highest BCUT2D eigenvalue weighted by atomic mass is 32.2. The van der Waals surface area contributed by atoms with E-state index in [0.29, 0.717) is 32.9 Å². The maximum absolute atomic E-state index is 12.3. The van der Waals surface area contributed by atoms with Gasteiger partial charge in [-0.1, -0.05) is 23.9 Å². The second-order valence-electron chi connectivity index (χ2n) is 5.71.